The number of aromatic nitrogens is 2. The van der Waals surface area contributed by atoms with Gasteiger partial charge in [-0.3, -0.25) is 4.68 Å². The molecule has 1 heterocycles. The maximum Gasteiger partial charge on any atom is 0.0568 e. The van der Waals surface area contributed by atoms with Crippen molar-refractivity contribution in [2.24, 2.45) is 7.05 Å². The minimum absolute atomic E-state index is 0.563. The summed E-state index contributed by atoms with van der Waals surface area (Å²) in [5.41, 5.74) is 3.44. The molecule has 1 aromatic heterocycles. The normalized spacial score (nSPS) is 10.4. The fourth-order valence-corrected chi connectivity index (χ4v) is 1.53. The lowest BCUT2D eigenvalue weighted by Crippen LogP contribution is -1.84. The van der Waals surface area contributed by atoms with Gasteiger partial charge in [-0.05, 0) is 11.1 Å². The van der Waals surface area contributed by atoms with Gasteiger partial charge in [0.1, 0.15) is 0 Å². The highest BCUT2D eigenvalue weighted by Crippen LogP contribution is 2.19. The van der Waals surface area contributed by atoms with E-state index in [9.17, 15) is 0 Å². The van der Waals surface area contributed by atoms with Crippen molar-refractivity contribution in [2.45, 2.75) is 5.88 Å². The van der Waals surface area contributed by atoms with Crippen LogP contribution in [0.3, 0.4) is 0 Å². The Bertz CT molecular complexity index is 417. The van der Waals surface area contributed by atoms with Gasteiger partial charge in [0.2, 0.25) is 0 Å². The van der Waals surface area contributed by atoms with E-state index < -0.39 is 0 Å². The molecule has 0 N–H and O–H groups in total. The number of hydrogen-bond donors (Lipinski definition) is 0. The van der Waals surface area contributed by atoms with Crippen molar-refractivity contribution in [1.82, 2.24) is 9.78 Å². The van der Waals surface area contributed by atoms with E-state index in [4.69, 9.17) is 11.6 Å². The predicted octanol–water partition coefficient (Wildman–Crippen LogP) is 2.83. The van der Waals surface area contributed by atoms with E-state index in [1.807, 2.05) is 31.6 Å². The van der Waals surface area contributed by atoms with Crippen molar-refractivity contribution >= 4 is 11.6 Å². The Hall–Kier alpha value is -1.28. The number of rotatable bonds is 2. The molecule has 0 bridgehead atoms. The first-order valence-electron chi connectivity index (χ1n) is 4.43. The molecule has 72 valence electrons. The maximum atomic E-state index is 5.71. The molecule has 0 radical (unpaired) electrons. The minimum atomic E-state index is 0.563. The number of aryl methyl sites for hydroxylation is 1. The Balaban J connectivity index is 2.33. The molecule has 3 heteroatoms. The molecular weight excluding hydrogens is 196 g/mol. The molecule has 0 spiro atoms. The SMILES string of the molecule is Cn1cc(-c2ccc(CCl)cc2)cn1. The molecule has 0 aliphatic rings. The van der Waals surface area contributed by atoms with Gasteiger partial charge in [0.15, 0.2) is 0 Å². The molecule has 0 saturated carbocycles. The van der Waals surface area contributed by atoms with Crippen LogP contribution in [0, 0.1) is 0 Å². The van der Waals surface area contributed by atoms with Crippen molar-refractivity contribution < 1.29 is 0 Å². The molecule has 2 nitrogen and oxygen atoms in total. The maximum absolute atomic E-state index is 5.71. The minimum Gasteiger partial charge on any atom is -0.275 e. The second-order valence-corrected chi connectivity index (χ2v) is 3.50. The number of halogens is 1. The van der Waals surface area contributed by atoms with E-state index in [0.29, 0.717) is 5.88 Å². The number of nitrogens with zero attached hydrogens (tertiary/aromatic N) is 2. The van der Waals surface area contributed by atoms with Gasteiger partial charge < -0.3 is 0 Å². The predicted molar refractivity (Wildman–Crippen MR) is 58.2 cm³/mol. The summed E-state index contributed by atoms with van der Waals surface area (Å²) in [7, 11) is 1.91. The third-order valence-electron chi connectivity index (χ3n) is 2.15. The Labute approximate surface area is 88.1 Å². The third-order valence-corrected chi connectivity index (χ3v) is 2.46. The highest BCUT2D eigenvalue weighted by molar-refractivity contribution is 6.17. The molecule has 0 unspecified atom stereocenters. The van der Waals surface area contributed by atoms with Gasteiger partial charge in [-0.15, -0.1) is 11.6 Å². The average molecular weight is 207 g/mol. The summed E-state index contributed by atoms with van der Waals surface area (Å²) in [4.78, 5) is 0. The van der Waals surface area contributed by atoms with Crippen LogP contribution in [0.1, 0.15) is 5.56 Å². The quantitative estimate of drug-likeness (QED) is 0.691. The highest BCUT2D eigenvalue weighted by Gasteiger charge is 1.99. The van der Waals surface area contributed by atoms with Crippen LogP contribution in [0.5, 0.6) is 0 Å². The van der Waals surface area contributed by atoms with Crippen molar-refractivity contribution in [2.75, 3.05) is 0 Å². The van der Waals surface area contributed by atoms with E-state index >= 15 is 0 Å². The first-order valence-corrected chi connectivity index (χ1v) is 4.97. The first-order chi connectivity index (χ1) is 6.79. The van der Waals surface area contributed by atoms with Crippen molar-refractivity contribution in [3.05, 3.63) is 42.2 Å². The smallest absolute Gasteiger partial charge is 0.0568 e. The molecule has 1 aromatic carbocycles. The fraction of sp³-hybridized carbons (Fsp3) is 0.182. The zero-order valence-corrected chi connectivity index (χ0v) is 8.70. The summed E-state index contributed by atoms with van der Waals surface area (Å²) < 4.78 is 1.80. The largest absolute Gasteiger partial charge is 0.275 e. The summed E-state index contributed by atoms with van der Waals surface area (Å²) in [5.74, 6) is 0.563. The van der Waals surface area contributed by atoms with Gasteiger partial charge in [0, 0.05) is 24.7 Å². The van der Waals surface area contributed by atoms with Gasteiger partial charge in [0.25, 0.3) is 0 Å². The van der Waals surface area contributed by atoms with E-state index in [-0.39, 0.29) is 0 Å². The van der Waals surface area contributed by atoms with Crippen LogP contribution in [-0.4, -0.2) is 9.78 Å². The summed E-state index contributed by atoms with van der Waals surface area (Å²) in [6, 6.07) is 8.20. The molecule has 0 amide bonds. The number of alkyl halides is 1. The Kier molecular flexibility index (Phi) is 2.55. The van der Waals surface area contributed by atoms with Crippen LogP contribution >= 0.6 is 11.6 Å². The summed E-state index contributed by atoms with van der Waals surface area (Å²) >= 11 is 5.71. The molecule has 0 aliphatic heterocycles. The van der Waals surface area contributed by atoms with E-state index in [1.165, 1.54) is 5.56 Å². The van der Waals surface area contributed by atoms with Gasteiger partial charge >= 0.3 is 0 Å². The second kappa shape index (κ2) is 3.84. The van der Waals surface area contributed by atoms with Gasteiger partial charge in [-0.1, -0.05) is 24.3 Å². The third kappa shape index (κ3) is 1.80. The van der Waals surface area contributed by atoms with Crippen LogP contribution in [0.15, 0.2) is 36.7 Å². The molecule has 14 heavy (non-hydrogen) atoms. The Morgan fingerprint density at radius 2 is 1.93 bits per heavy atom. The number of hydrogen-bond acceptors (Lipinski definition) is 1. The second-order valence-electron chi connectivity index (χ2n) is 3.23. The van der Waals surface area contributed by atoms with Crippen LogP contribution in [0.2, 0.25) is 0 Å². The standard InChI is InChI=1S/C11H11ClN2/c1-14-8-11(7-13-14)10-4-2-9(6-12)3-5-10/h2-5,7-8H,6H2,1H3. The fourth-order valence-electron chi connectivity index (χ4n) is 1.36. The topological polar surface area (TPSA) is 17.8 Å². The van der Waals surface area contributed by atoms with Crippen LogP contribution in [-0.2, 0) is 12.9 Å². The van der Waals surface area contributed by atoms with Crippen molar-refractivity contribution in [3.8, 4) is 11.1 Å². The lowest BCUT2D eigenvalue weighted by atomic mass is 10.1. The highest BCUT2D eigenvalue weighted by atomic mass is 35.5. The molecular formula is C11H11ClN2. The van der Waals surface area contributed by atoms with E-state index in [2.05, 4.69) is 17.2 Å². The zero-order chi connectivity index (χ0) is 9.97. The monoisotopic (exact) mass is 206 g/mol. The van der Waals surface area contributed by atoms with Crippen LogP contribution < -0.4 is 0 Å². The van der Waals surface area contributed by atoms with Crippen LogP contribution in [0.4, 0.5) is 0 Å². The average Bonchev–Trinajstić information content (AvgIpc) is 2.65. The summed E-state index contributed by atoms with van der Waals surface area (Å²) in [6.07, 6.45) is 3.85. The number of benzene rings is 1. The van der Waals surface area contributed by atoms with Gasteiger partial charge in [-0.25, -0.2) is 0 Å². The molecule has 2 aromatic rings. The Morgan fingerprint density at radius 3 is 2.43 bits per heavy atom. The van der Waals surface area contributed by atoms with Gasteiger partial charge in [-0.2, -0.15) is 5.10 Å². The van der Waals surface area contributed by atoms with Crippen molar-refractivity contribution in [3.63, 3.8) is 0 Å². The summed E-state index contributed by atoms with van der Waals surface area (Å²) in [6.45, 7) is 0. The van der Waals surface area contributed by atoms with E-state index in [1.54, 1.807) is 4.68 Å². The van der Waals surface area contributed by atoms with Crippen LogP contribution in [0.25, 0.3) is 11.1 Å². The zero-order valence-electron chi connectivity index (χ0n) is 7.94. The Morgan fingerprint density at radius 1 is 1.21 bits per heavy atom. The van der Waals surface area contributed by atoms with Gasteiger partial charge in [0.05, 0.1) is 6.20 Å². The molecule has 0 fully saturated rings. The van der Waals surface area contributed by atoms with Crippen molar-refractivity contribution in [1.29, 1.82) is 0 Å². The summed E-state index contributed by atoms with van der Waals surface area (Å²) in [5, 5.41) is 4.13. The molecule has 0 atom stereocenters. The van der Waals surface area contributed by atoms with E-state index in [0.717, 1.165) is 11.1 Å². The lowest BCUT2D eigenvalue weighted by molar-refractivity contribution is 0.768. The molecule has 2 rings (SSSR count). The first kappa shape index (κ1) is 9.28. The molecule has 0 aliphatic carbocycles. The molecule has 0 saturated heterocycles. The lowest BCUT2D eigenvalue weighted by Gasteiger charge is -1.98.